The van der Waals surface area contributed by atoms with Crippen molar-refractivity contribution in [2.45, 2.75) is 6.92 Å². The Kier molecular flexibility index (Phi) is 6.50. The SMILES string of the molecule is Cc1ccc[n+](I)c1-c1ccccc1/C=C/c1ccc2sc3cc(-c4ccccc4)cc4c5ccc[n+](I)c5c1c2c34. The van der Waals surface area contributed by atoms with Crippen molar-refractivity contribution >= 4 is 111 Å². The number of rotatable bonds is 4. The molecule has 8 aromatic rings. The molecule has 0 fully saturated rings. The van der Waals surface area contributed by atoms with Gasteiger partial charge in [0.15, 0.2) is 12.4 Å². The van der Waals surface area contributed by atoms with Crippen molar-refractivity contribution in [3.05, 3.63) is 132 Å². The van der Waals surface area contributed by atoms with E-state index in [0.29, 0.717) is 0 Å². The maximum atomic E-state index is 2.45. The van der Waals surface area contributed by atoms with Crippen LogP contribution < -0.4 is 5.56 Å². The summed E-state index contributed by atoms with van der Waals surface area (Å²) >= 11 is 6.73. The van der Waals surface area contributed by atoms with Crippen LogP contribution in [-0.2, 0) is 0 Å². The predicted molar refractivity (Wildman–Crippen MR) is 196 cm³/mol. The highest BCUT2D eigenvalue weighted by atomic mass is 127. The van der Waals surface area contributed by atoms with E-state index in [2.05, 4.69) is 186 Å². The van der Waals surface area contributed by atoms with Crippen molar-refractivity contribution in [3.8, 4) is 22.4 Å². The molecule has 5 heteroatoms. The topological polar surface area (TPSA) is 7.76 Å². The summed E-state index contributed by atoms with van der Waals surface area (Å²) < 4.78 is 7.13. The standard InChI is InChI=1S/C37H24I2N2S/c1-23-9-7-19-40(38)36(23)28-13-6-5-12-25(28)15-16-26-17-18-31-35-33(26)37-29(14-8-20-41(37)39)30-21-27(22-32(42-31)34(30)35)24-10-3-2-4-11-24/h2-22H,1H3/q+2/b16-15+. The van der Waals surface area contributed by atoms with Crippen molar-refractivity contribution in [2.75, 3.05) is 0 Å². The molecule has 0 aliphatic rings. The number of hydrogen-bond acceptors (Lipinski definition) is 1. The Labute approximate surface area is 275 Å². The zero-order valence-electron chi connectivity index (χ0n) is 22.7. The van der Waals surface area contributed by atoms with Crippen LogP contribution in [0.25, 0.3) is 76.4 Å². The van der Waals surface area contributed by atoms with Gasteiger partial charge in [-0.3, -0.25) is 0 Å². The van der Waals surface area contributed by atoms with Crippen LogP contribution in [0.4, 0.5) is 0 Å². The minimum absolute atomic E-state index is 1.21. The molecule has 3 aromatic heterocycles. The number of aromatic nitrogens is 2. The monoisotopic (exact) mass is 782 g/mol. The Hall–Kier alpha value is -3.40. The maximum Gasteiger partial charge on any atom is 0.354 e. The van der Waals surface area contributed by atoms with E-state index in [0.717, 1.165) is 0 Å². The molecule has 0 amide bonds. The van der Waals surface area contributed by atoms with Gasteiger partial charge in [0.25, 0.3) is 0 Å². The second-order valence-electron chi connectivity index (χ2n) is 10.6. The number of thiophene rings is 1. The Bertz CT molecular complexity index is 2320. The van der Waals surface area contributed by atoms with Gasteiger partial charge >= 0.3 is 45.7 Å². The quantitative estimate of drug-likeness (QED) is 0.0955. The zero-order valence-corrected chi connectivity index (χ0v) is 27.8. The smallest absolute Gasteiger partial charge is 0.136 e. The van der Waals surface area contributed by atoms with Crippen LogP contribution in [0.3, 0.4) is 0 Å². The summed E-state index contributed by atoms with van der Waals surface area (Å²) in [5.74, 6) is 0. The Morgan fingerprint density at radius 2 is 1.36 bits per heavy atom. The lowest BCUT2D eigenvalue weighted by Gasteiger charge is -2.11. The van der Waals surface area contributed by atoms with E-state index in [1.54, 1.807) is 0 Å². The van der Waals surface area contributed by atoms with Crippen LogP contribution in [0.5, 0.6) is 0 Å². The number of aryl methyl sites for hydroxylation is 1. The summed E-state index contributed by atoms with van der Waals surface area (Å²) in [5.41, 5.74) is 9.95. The molecule has 200 valence electrons. The molecule has 8 rings (SSSR count). The van der Waals surface area contributed by atoms with Gasteiger partial charge in [-0.2, -0.15) is 0 Å². The number of benzene rings is 5. The minimum atomic E-state index is 1.21. The van der Waals surface area contributed by atoms with Gasteiger partial charge in [-0.05, 0) is 71.0 Å². The first-order valence-electron chi connectivity index (χ1n) is 13.8. The van der Waals surface area contributed by atoms with Crippen molar-refractivity contribution in [3.63, 3.8) is 0 Å². The lowest BCUT2D eigenvalue weighted by Crippen LogP contribution is -2.23. The Balaban J connectivity index is 1.40. The molecular weight excluding hydrogens is 758 g/mol. The molecule has 42 heavy (non-hydrogen) atoms. The highest BCUT2D eigenvalue weighted by Crippen LogP contribution is 2.47. The normalized spacial score (nSPS) is 12.1. The van der Waals surface area contributed by atoms with E-state index >= 15 is 0 Å². The van der Waals surface area contributed by atoms with E-state index in [-0.39, 0.29) is 0 Å². The summed E-state index contributed by atoms with van der Waals surface area (Å²) in [5, 5.41) is 6.67. The van der Waals surface area contributed by atoms with Crippen LogP contribution in [0.15, 0.2) is 116 Å². The second kappa shape index (κ2) is 10.4. The Morgan fingerprint density at radius 1 is 0.595 bits per heavy atom. The molecule has 0 spiro atoms. The van der Waals surface area contributed by atoms with E-state index in [4.69, 9.17) is 0 Å². The first-order valence-corrected chi connectivity index (χ1v) is 16.6. The van der Waals surface area contributed by atoms with Crippen LogP contribution in [0.2, 0.25) is 0 Å². The molecule has 0 aliphatic heterocycles. The highest BCUT2D eigenvalue weighted by Gasteiger charge is 2.24. The number of nitrogens with zero attached hydrogens (tertiary/aromatic N) is 2. The average molecular weight is 782 g/mol. The van der Waals surface area contributed by atoms with Gasteiger partial charge in [0, 0.05) is 37.9 Å². The van der Waals surface area contributed by atoms with Gasteiger partial charge in [0.1, 0.15) is 0 Å². The molecule has 0 atom stereocenters. The third-order valence-electron chi connectivity index (χ3n) is 8.16. The molecule has 5 aromatic carbocycles. The van der Waals surface area contributed by atoms with Crippen molar-refractivity contribution < 1.29 is 5.56 Å². The van der Waals surface area contributed by atoms with Crippen molar-refractivity contribution in [1.82, 2.24) is 0 Å². The first kappa shape index (κ1) is 26.2. The molecule has 0 N–H and O–H groups in total. The summed E-state index contributed by atoms with van der Waals surface area (Å²) in [4.78, 5) is 0. The van der Waals surface area contributed by atoms with E-state index in [1.807, 2.05) is 11.3 Å². The van der Waals surface area contributed by atoms with Crippen LogP contribution in [0, 0.1) is 6.92 Å². The predicted octanol–water partition coefficient (Wildman–Crippen LogP) is 10.6. The van der Waals surface area contributed by atoms with Gasteiger partial charge in [-0.1, -0.05) is 66.7 Å². The second-order valence-corrected chi connectivity index (χ2v) is 13.8. The third-order valence-corrected chi connectivity index (χ3v) is 10.9. The van der Waals surface area contributed by atoms with Crippen molar-refractivity contribution in [2.24, 2.45) is 0 Å². The zero-order chi connectivity index (χ0) is 28.4. The Morgan fingerprint density at radius 3 is 2.21 bits per heavy atom. The van der Waals surface area contributed by atoms with Crippen LogP contribution in [0.1, 0.15) is 16.7 Å². The molecule has 3 heterocycles. The first-order chi connectivity index (χ1) is 20.6. The molecule has 0 bridgehead atoms. The molecule has 0 saturated carbocycles. The fourth-order valence-electron chi connectivity index (χ4n) is 6.30. The van der Waals surface area contributed by atoms with Crippen molar-refractivity contribution in [1.29, 1.82) is 0 Å². The molecule has 2 nitrogen and oxygen atoms in total. The lowest BCUT2D eigenvalue weighted by atomic mass is 9.91. The molecular formula is C37H24I2N2S+2. The number of hydrogen-bond donors (Lipinski definition) is 0. The van der Waals surface area contributed by atoms with E-state index in [9.17, 15) is 0 Å². The summed E-state index contributed by atoms with van der Waals surface area (Å²) in [6.07, 6.45) is 8.87. The summed E-state index contributed by atoms with van der Waals surface area (Å²) in [6.45, 7) is 2.18. The molecule has 0 unspecified atom stereocenters. The fraction of sp³-hybridized carbons (Fsp3) is 0.0270. The number of halogens is 2. The number of fused-ring (bicyclic) bond motifs is 3. The fourth-order valence-corrected chi connectivity index (χ4v) is 8.99. The lowest BCUT2D eigenvalue weighted by molar-refractivity contribution is -0.427. The number of pyridine rings is 2. The summed E-state index contributed by atoms with van der Waals surface area (Å²) in [6, 6.07) is 37.5. The third kappa shape index (κ3) is 4.16. The van der Waals surface area contributed by atoms with Gasteiger partial charge < -0.3 is 0 Å². The highest BCUT2D eigenvalue weighted by molar-refractivity contribution is 14.1. The summed E-state index contributed by atoms with van der Waals surface area (Å²) in [7, 11) is 0. The van der Waals surface area contributed by atoms with Crippen LogP contribution >= 0.6 is 57.1 Å². The van der Waals surface area contributed by atoms with Gasteiger partial charge in [0.2, 0.25) is 11.2 Å². The van der Waals surface area contributed by atoms with E-state index < -0.39 is 0 Å². The minimum Gasteiger partial charge on any atom is -0.136 e. The van der Waals surface area contributed by atoms with Crippen LogP contribution in [-0.4, -0.2) is 0 Å². The van der Waals surface area contributed by atoms with E-state index in [1.165, 1.54) is 80.9 Å². The van der Waals surface area contributed by atoms with Gasteiger partial charge in [-0.25, -0.2) is 0 Å². The average Bonchev–Trinajstić information content (AvgIpc) is 3.39. The van der Waals surface area contributed by atoms with Gasteiger partial charge in [0.05, 0.1) is 16.3 Å². The largest absolute Gasteiger partial charge is 0.354 e. The molecule has 0 aliphatic carbocycles. The van der Waals surface area contributed by atoms with Gasteiger partial charge in [-0.15, -0.1) is 16.9 Å². The molecule has 0 radical (unpaired) electrons. The maximum absolute atomic E-state index is 2.45. The molecule has 0 saturated heterocycles.